The van der Waals surface area contributed by atoms with Crippen molar-refractivity contribution in [2.75, 3.05) is 18.8 Å². The van der Waals surface area contributed by atoms with Gasteiger partial charge in [-0.1, -0.05) is 20.8 Å². The summed E-state index contributed by atoms with van der Waals surface area (Å²) < 4.78 is 24.6. The third kappa shape index (κ3) is 6.46. The van der Waals surface area contributed by atoms with E-state index in [-0.39, 0.29) is 11.7 Å². The third-order valence-corrected chi connectivity index (χ3v) is 3.33. The first-order valence-electron chi connectivity index (χ1n) is 5.18. The van der Waals surface area contributed by atoms with Crippen LogP contribution in [0.2, 0.25) is 0 Å². The molecule has 6 heteroatoms. The maximum atomic E-state index is 11.4. The van der Waals surface area contributed by atoms with Crippen LogP contribution in [-0.4, -0.2) is 33.2 Å². The minimum Gasteiger partial charge on any atom is -0.316 e. The summed E-state index contributed by atoms with van der Waals surface area (Å²) in [7, 11) is -3.43. The summed E-state index contributed by atoms with van der Waals surface area (Å²) in [6, 6.07) is 0. The second-order valence-electron chi connectivity index (χ2n) is 3.49. The van der Waals surface area contributed by atoms with E-state index in [9.17, 15) is 13.2 Å². The standard InChI is InChI=1S/C9H20N2O3S/c1-4-6-15(13,14)11-9(12)8(3)7-10-5-2/h8,10H,4-7H2,1-3H3,(H,11,12). The van der Waals surface area contributed by atoms with E-state index < -0.39 is 15.9 Å². The minimum absolute atomic E-state index is 0.00728. The molecule has 0 rings (SSSR count). The molecule has 2 N–H and O–H groups in total. The van der Waals surface area contributed by atoms with Crippen LogP contribution in [0.5, 0.6) is 0 Å². The zero-order valence-electron chi connectivity index (χ0n) is 9.54. The van der Waals surface area contributed by atoms with Gasteiger partial charge in [-0.25, -0.2) is 8.42 Å². The molecule has 90 valence electrons. The molecule has 0 aromatic heterocycles. The Kier molecular flexibility index (Phi) is 6.51. The van der Waals surface area contributed by atoms with Gasteiger partial charge in [0.2, 0.25) is 15.9 Å². The Morgan fingerprint density at radius 1 is 1.33 bits per heavy atom. The molecule has 0 aliphatic rings. The highest BCUT2D eigenvalue weighted by atomic mass is 32.2. The van der Waals surface area contributed by atoms with Gasteiger partial charge in [-0.05, 0) is 13.0 Å². The van der Waals surface area contributed by atoms with Crippen molar-refractivity contribution in [1.29, 1.82) is 0 Å². The summed E-state index contributed by atoms with van der Waals surface area (Å²) in [5.41, 5.74) is 0. The lowest BCUT2D eigenvalue weighted by Crippen LogP contribution is -2.39. The van der Waals surface area contributed by atoms with Gasteiger partial charge in [-0.15, -0.1) is 0 Å². The van der Waals surface area contributed by atoms with Gasteiger partial charge in [-0.3, -0.25) is 9.52 Å². The first kappa shape index (κ1) is 14.4. The molecule has 1 amide bonds. The Morgan fingerprint density at radius 3 is 2.40 bits per heavy atom. The van der Waals surface area contributed by atoms with Crippen LogP contribution >= 0.6 is 0 Å². The molecule has 5 nitrogen and oxygen atoms in total. The fraction of sp³-hybridized carbons (Fsp3) is 0.889. The van der Waals surface area contributed by atoms with E-state index in [1.165, 1.54) is 0 Å². The van der Waals surface area contributed by atoms with Crippen molar-refractivity contribution in [2.45, 2.75) is 27.2 Å². The topological polar surface area (TPSA) is 75.3 Å². The molecule has 0 heterocycles. The molecule has 0 spiro atoms. The quantitative estimate of drug-likeness (QED) is 0.657. The number of hydrogen-bond acceptors (Lipinski definition) is 4. The second-order valence-corrected chi connectivity index (χ2v) is 5.34. The third-order valence-electron chi connectivity index (χ3n) is 1.88. The van der Waals surface area contributed by atoms with E-state index in [4.69, 9.17) is 0 Å². The van der Waals surface area contributed by atoms with Gasteiger partial charge < -0.3 is 5.32 Å². The smallest absolute Gasteiger partial charge is 0.237 e. The predicted molar refractivity (Wildman–Crippen MR) is 59.9 cm³/mol. The van der Waals surface area contributed by atoms with E-state index in [1.54, 1.807) is 13.8 Å². The lowest BCUT2D eigenvalue weighted by atomic mass is 10.2. The van der Waals surface area contributed by atoms with Crippen LogP contribution < -0.4 is 10.0 Å². The summed E-state index contributed by atoms with van der Waals surface area (Å²) in [5.74, 6) is -0.784. The van der Waals surface area contributed by atoms with Gasteiger partial charge in [-0.2, -0.15) is 0 Å². The molecule has 0 aromatic carbocycles. The number of sulfonamides is 1. The number of nitrogens with one attached hydrogen (secondary N) is 2. The Hall–Kier alpha value is -0.620. The lowest BCUT2D eigenvalue weighted by molar-refractivity contribution is -0.122. The average Bonchev–Trinajstić information content (AvgIpc) is 2.13. The second kappa shape index (κ2) is 6.79. The molecule has 15 heavy (non-hydrogen) atoms. The van der Waals surface area contributed by atoms with Gasteiger partial charge in [0.1, 0.15) is 0 Å². The van der Waals surface area contributed by atoms with Gasteiger partial charge >= 0.3 is 0 Å². The summed E-state index contributed by atoms with van der Waals surface area (Å²) >= 11 is 0. The molecule has 0 radical (unpaired) electrons. The van der Waals surface area contributed by atoms with E-state index in [0.717, 1.165) is 6.54 Å². The SMILES string of the molecule is CCCS(=O)(=O)NC(=O)C(C)CNCC. The highest BCUT2D eigenvalue weighted by Gasteiger charge is 2.18. The maximum absolute atomic E-state index is 11.4. The number of rotatable bonds is 7. The van der Waals surface area contributed by atoms with Crippen LogP contribution in [0.3, 0.4) is 0 Å². The van der Waals surface area contributed by atoms with Crippen molar-refractivity contribution in [3.8, 4) is 0 Å². The fourth-order valence-electron chi connectivity index (χ4n) is 1.03. The number of carbonyl (C=O) groups excluding carboxylic acids is 1. The van der Waals surface area contributed by atoms with Gasteiger partial charge in [0.15, 0.2) is 0 Å². The predicted octanol–water partition coefficient (Wildman–Crippen LogP) is 0.0880. The molecule has 0 saturated carbocycles. The van der Waals surface area contributed by atoms with Crippen LogP contribution in [0.15, 0.2) is 0 Å². The molecule has 1 atom stereocenters. The molecule has 1 unspecified atom stereocenters. The van der Waals surface area contributed by atoms with Crippen molar-refractivity contribution in [2.24, 2.45) is 5.92 Å². The first-order valence-corrected chi connectivity index (χ1v) is 6.83. The van der Waals surface area contributed by atoms with E-state index in [1.807, 2.05) is 6.92 Å². The van der Waals surface area contributed by atoms with Crippen molar-refractivity contribution >= 4 is 15.9 Å². The summed E-state index contributed by atoms with van der Waals surface area (Å²) in [6.45, 7) is 6.63. The molecule has 0 aromatic rings. The Labute approximate surface area is 91.7 Å². The molecule has 0 aliphatic heterocycles. The summed E-state index contributed by atoms with van der Waals surface area (Å²) in [5, 5.41) is 2.99. The maximum Gasteiger partial charge on any atom is 0.237 e. The molecule has 0 fully saturated rings. The van der Waals surface area contributed by atoms with Crippen LogP contribution in [0.4, 0.5) is 0 Å². The molecule has 0 aliphatic carbocycles. The van der Waals surface area contributed by atoms with Crippen LogP contribution in [0.1, 0.15) is 27.2 Å². The monoisotopic (exact) mass is 236 g/mol. The first-order chi connectivity index (χ1) is 6.93. The highest BCUT2D eigenvalue weighted by molar-refractivity contribution is 7.90. The molecular formula is C9H20N2O3S. The number of amides is 1. The number of carbonyl (C=O) groups is 1. The zero-order chi connectivity index (χ0) is 11.9. The highest BCUT2D eigenvalue weighted by Crippen LogP contribution is 1.96. The average molecular weight is 236 g/mol. The number of hydrogen-bond donors (Lipinski definition) is 2. The Morgan fingerprint density at radius 2 is 1.93 bits per heavy atom. The van der Waals surface area contributed by atoms with Crippen molar-refractivity contribution in [1.82, 2.24) is 10.0 Å². The van der Waals surface area contributed by atoms with Gasteiger partial charge in [0, 0.05) is 12.5 Å². The van der Waals surface area contributed by atoms with Crippen LogP contribution in [-0.2, 0) is 14.8 Å². The van der Waals surface area contributed by atoms with Gasteiger partial charge in [0.25, 0.3) is 0 Å². The lowest BCUT2D eigenvalue weighted by Gasteiger charge is -2.12. The van der Waals surface area contributed by atoms with Gasteiger partial charge in [0.05, 0.1) is 5.75 Å². The normalized spacial score (nSPS) is 13.5. The van der Waals surface area contributed by atoms with E-state index in [2.05, 4.69) is 10.0 Å². The van der Waals surface area contributed by atoms with Crippen LogP contribution in [0.25, 0.3) is 0 Å². The largest absolute Gasteiger partial charge is 0.316 e. The Balaban J connectivity index is 4.12. The van der Waals surface area contributed by atoms with Crippen LogP contribution in [0, 0.1) is 5.92 Å². The van der Waals surface area contributed by atoms with E-state index >= 15 is 0 Å². The molecule has 0 bridgehead atoms. The minimum atomic E-state index is -3.43. The van der Waals surface area contributed by atoms with Crippen molar-refractivity contribution in [3.63, 3.8) is 0 Å². The molecular weight excluding hydrogens is 216 g/mol. The van der Waals surface area contributed by atoms with E-state index in [0.29, 0.717) is 13.0 Å². The fourth-order valence-corrected chi connectivity index (χ4v) is 2.17. The Bertz CT molecular complexity index is 288. The summed E-state index contributed by atoms with van der Waals surface area (Å²) in [6.07, 6.45) is 0.504. The zero-order valence-corrected chi connectivity index (χ0v) is 10.4. The van der Waals surface area contributed by atoms with Crippen molar-refractivity contribution < 1.29 is 13.2 Å². The van der Waals surface area contributed by atoms with Crippen molar-refractivity contribution in [3.05, 3.63) is 0 Å². The summed E-state index contributed by atoms with van der Waals surface area (Å²) in [4.78, 5) is 11.4. The molecule has 0 saturated heterocycles.